The van der Waals surface area contributed by atoms with Crippen LogP contribution in [0.4, 0.5) is 5.69 Å². The van der Waals surface area contributed by atoms with Gasteiger partial charge in [0.2, 0.25) is 0 Å². The van der Waals surface area contributed by atoms with E-state index in [9.17, 15) is 0 Å². The number of anilines is 1. The standard InChI is InChI=1S/C14H21BrN2O/c15-13-4-1-5-14(12(13)9-16)17-7-2-3-11(10-17)6-8-18/h1,4-5,11,18H,2-3,6-10,16H2. The van der Waals surface area contributed by atoms with Crippen molar-refractivity contribution < 1.29 is 5.11 Å². The van der Waals surface area contributed by atoms with Crippen molar-refractivity contribution in [3.63, 3.8) is 0 Å². The fourth-order valence-corrected chi connectivity index (χ4v) is 3.27. The summed E-state index contributed by atoms with van der Waals surface area (Å²) in [6.07, 6.45) is 3.33. The zero-order chi connectivity index (χ0) is 13.0. The van der Waals surface area contributed by atoms with Crippen LogP contribution in [0.1, 0.15) is 24.8 Å². The molecule has 18 heavy (non-hydrogen) atoms. The second-order valence-corrected chi connectivity index (χ2v) is 5.76. The third-order valence-electron chi connectivity index (χ3n) is 3.70. The molecule has 3 nitrogen and oxygen atoms in total. The van der Waals surface area contributed by atoms with E-state index in [0.29, 0.717) is 19.1 Å². The van der Waals surface area contributed by atoms with Crippen molar-refractivity contribution in [3.8, 4) is 0 Å². The second kappa shape index (κ2) is 6.55. The first-order chi connectivity index (χ1) is 8.76. The van der Waals surface area contributed by atoms with E-state index in [1.807, 2.05) is 6.07 Å². The van der Waals surface area contributed by atoms with Crippen LogP contribution in [0.15, 0.2) is 22.7 Å². The van der Waals surface area contributed by atoms with E-state index in [4.69, 9.17) is 10.8 Å². The number of hydrogen-bond donors (Lipinski definition) is 2. The van der Waals surface area contributed by atoms with Crippen LogP contribution in [0.5, 0.6) is 0 Å². The molecule has 1 aromatic carbocycles. The summed E-state index contributed by atoms with van der Waals surface area (Å²) in [5.74, 6) is 0.605. The summed E-state index contributed by atoms with van der Waals surface area (Å²) in [6.45, 7) is 2.97. The van der Waals surface area contributed by atoms with Crippen molar-refractivity contribution in [2.75, 3.05) is 24.6 Å². The molecule has 1 unspecified atom stereocenters. The normalized spacial score (nSPS) is 20.2. The Morgan fingerprint density at radius 2 is 2.28 bits per heavy atom. The van der Waals surface area contributed by atoms with Crippen molar-refractivity contribution in [2.24, 2.45) is 11.7 Å². The molecule has 0 bridgehead atoms. The van der Waals surface area contributed by atoms with Gasteiger partial charge in [-0.15, -0.1) is 0 Å². The lowest BCUT2D eigenvalue weighted by atomic mass is 9.94. The molecule has 1 atom stereocenters. The highest BCUT2D eigenvalue weighted by molar-refractivity contribution is 9.10. The molecule has 0 aromatic heterocycles. The van der Waals surface area contributed by atoms with E-state index in [1.54, 1.807) is 0 Å². The molecule has 1 saturated heterocycles. The summed E-state index contributed by atoms with van der Waals surface area (Å²) in [5, 5.41) is 9.07. The lowest BCUT2D eigenvalue weighted by molar-refractivity contribution is 0.244. The highest BCUT2D eigenvalue weighted by Crippen LogP contribution is 2.31. The van der Waals surface area contributed by atoms with Crippen molar-refractivity contribution in [1.29, 1.82) is 0 Å². The summed E-state index contributed by atoms with van der Waals surface area (Å²) < 4.78 is 1.09. The van der Waals surface area contributed by atoms with Gasteiger partial charge in [-0.2, -0.15) is 0 Å². The van der Waals surface area contributed by atoms with E-state index in [-0.39, 0.29) is 0 Å². The lowest BCUT2D eigenvalue weighted by Gasteiger charge is -2.35. The summed E-state index contributed by atoms with van der Waals surface area (Å²) in [4.78, 5) is 2.41. The molecular formula is C14H21BrN2O. The number of nitrogens with zero attached hydrogens (tertiary/aromatic N) is 1. The van der Waals surface area contributed by atoms with Crippen LogP contribution < -0.4 is 10.6 Å². The van der Waals surface area contributed by atoms with Gasteiger partial charge in [-0.05, 0) is 37.3 Å². The molecule has 2 rings (SSSR count). The smallest absolute Gasteiger partial charge is 0.0434 e. The van der Waals surface area contributed by atoms with Gasteiger partial charge >= 0.3 is 0 Å². The number of nitrogens with two attached hydrogens (primary N) is 1. The summed E-state index contributed by atoms with van der Waals surface area (Å²) in [6, 6.07) is 6.25. The van der Waals surface area contributed by atoms with Gasteiger partial charge in [0, 0.05) is 42.0 Å². The molecule has 1 aliphatic rings. The van der Waals surface area contributed by atoms with Gasteiger partial charge in [0.15, 0.2) is 0 Å². The average molecular weight is 313 g/mol. The van der Waals surface area contributed by atoms with E-state index in [2.05, 4.69) is 33.0 Å². The minimum absolute atomic E-state index is 0.292. The van der Waals surface area contributed by atoms with Gasteiger partial charge in [0.1, 0.15) is 0 Å². The van der Waals surface area contributed by atoms with Gasteiger partial charge in [0.25, 0.3) is 0 Å². The average Bonchev–Trinajstić information content (AvgIpc) is 2.39. The largest absolute Gasteiger partial charge is 0.396 e. The monoisotopic (exact) mass is 312 g/mol. The fourth-order valence-electron chi connectivity index (χ4n) is 2.75. The molecule has 0 amide bonds. The molecule has 100 valence electrons. The summed E-state index contributed by atoms with van der Waals surface area (Å²) in [5.41, 5.74) is 8.28. The number of aliphatic hydroxyl groups is 1. The van der Waals surface area contributed by atoms with Crippen molar-refractivity contribution in [2.45, 2.75) is 25.8 Å². The zero-order valence-corrected chi connectivity index (χ0v) is 12.2. The van der Waals surface area contributed by atoms with Gasteiger partial charge in [0.05, 0.1) is 0 Å². The predicted molar refractivity (Wildman–Crippen MR) is 78.7 cm³/mol. The molecule has 1 heterocycles. The molecule has 3 N–H and O–H groups in total. The number of benzene rings is 1. The van der Waals surface area contributed by atoms with E-state index in [0.717, 1.165) is 24.0 Å². The Balaban J connectivity index is 2.18. The predicted octanol–water partition coefficient (Wildman–Crippen LogP) is 2.51. The number of rotatable bonds is 4. The quantitative estimate of drug-likeness (QED) is 0.898. The molecule has 0 aliphatic carbocycles. The summed E-state index contributed by atoms with van der Waals surface area (Å²) >= 11 is 3.57. The zero-order valence-electron chi connectivity index (χ0n) is 10.6. The van der Waals surface area contributed by atoms with Gasteiger partial charge in [-0.1, -0.05) is 22.0 Å². The first kappa shape index (κ1) is 13.8. The van der Waals surface area contributed by atoms with E-state index in [1.165, 1.54) is 24.1 Å². The van der Waals surface area contributed by atoms with Crippen LogP contribution in [0.2, 0.25) is 0 Å². The fraction of sp³-hybridized carbons (Fsp3) is 0.571. The third-order valence-corrected chi connectivity index (χ3v) is 4.44. The Kier molecular flexibility index (Phi) is 5.03. The first-order valence-electron chi connectivity index (χ1n) is 6.59. The van der Waals surface area contributed by atoms with Crippen LogP contribution in [0.3, 0.4) is 0 Å². The molecule has 1 fully saturated rings. The molecule has 1 aliphatic heterocycles. The highest BCUT2D eigenvalue weighted by Gasteiger charge is 2.21. The second-order valence-electron chi connectivity index (χ2n) is 4.91. The van der Waals surface area contributed by atoms with Gasteiger partial charge < -0.3 is 15.7 Å². The van der Waals surface area contributed by atoms with Crippen molar-refractivity contribution in [3.05, 3.63) is 28.2 Å². The molecular weight excluding hydrogens is 292 g/mol. The van der Waals surface area contributed by atoms with Gasteiger partial charge in [-0.25, -0.2) is 0 Å². The van der Waals surface area contributed by atoms with Crippen LogP contribution >= 0.6 is 15.9 Å². The molecule has 0 saturated carbocycles. The molecule has 1 aromatic rings. The molecule has 0 radical (unpaired) electrons. The van der Waals surface area contributed by atoms with Crippen molar-refractivity contribution >= 4 is 21.6 Å². The maximum atomic E-state index is 9.07. The Hall–Kier alpha value is -0.580. The highest BCUT2D eigenvalue weighted by atomic mass is 79.9. The number of hydrogen-bond acceptors (Lipinski definition) is 3. The Labute approximate surface area is 117 Å². The third kappa shape index (κ3) is 3.05. The minimum atomic E-state index is 0.292. The summed E-state index contributed by atoms with van der Waals surface area (Å²) in [7, 11) is 0. The van der Waals surface area contributed by atoms with Crippen molar-refractivity contribution in [1.82, 2.24) is 0 Å². The SMILES string of the molecule is NCc1c(Br)cccc1N1CCCC(CCO)C1. The maximum Gasteiger partial charge on any atom is 0.0434 e. The lowest BCUT2D eigenvalue weighted by Crippen LogP contribution is -2.36. The molecule has 4 heteroatoms. The van der Waals surface area contributed by atoms with Gasteiger partial charge in [-0.3, -0.25) is 0 Å². The number of halogens is 1. The van der Waals surface area contributed by atoms with E-state index >= 15 is 0 Å². The van der Waals surface area contributed by atoms with E-state index < -0.39 is 0 Å². The van der Waals surface area contributed by atoms with Crippen LogP contribution in [0.25, 0.3) is 0 Å². The minimum Gasteiger partial charge on any atom is -0.396 e. The Morgan fingerprint density at radius 1 is 1.44 bits per heavy atom. The first-order valence-corrected chi connectivity index (χ1v) is 7.38. The number of piperidine rings is 1. The maximum absolute atomic E-state index is 9.07. The molecule has 0 spiro atoms. The Bertz CT molecular complexity index is 395. The van der Waals surface area contributed by atoms with Crippen LogP contribution in [-0.2, 0) is 6.54 Å². The van der Waals surface area contributed by atoms with Crippen LogP contribution in [0, 0.1) is 5.92 Å². The Morgan fingerprint density at radius 3 is 3.00 bits per heavy atom. The van der Waals surface area contributed by atoms with Crippen LogP contribution in [-0.4, -0.2) is 24.8 Å². The topological polar surface area (TPSA) is 49.5 Å². The number of aliphatic hydroxyl groups excluding tert-OH is 1.